The number of fused-ring (bicyclic) bond motifs is 1. The van der Waals surface area contributed by atoms with Crippen LogP contribution in [0.4, 0.5) is 0 Å². The maximum absolute atomic E-state index is 3.12. The first kappa shape index (κ1) is 4.62. The van der Waals surface area contributed by atoms with Crippen LogP contribution in [0.2, 0.25) is 0 Å². The summed E-state index contributed by atoms with van der Waals surface area (Å²) in [6.07, 6.45) is 1.95. The molecule has 0 bridgehead atoms. The molecule has 0 radical (unpaired) electrons. The maximum atomic E-state index is 3.12. The van der Waals surface area contributed by atoms with Crippen LogP contribution in [0.1, 0.15) is 1.43 Å². The van der Waals surface area contributed by atoms with Gasteiger partial charge in [0.1, 0.15) is 0 Å². The SMILES string of the molecule is [HH].c1ccc2[nH]ccc2c1. The van der Waals surface area contributed by atoms with E-state index >= 15 is 0 Å². The van der Waals surface area contributed by atoms with Gasteiger partial charge in [0.25, 0.3) is 0 Å². The van der Waals surface area contributed by atoms with E-state index in [0.29, 0.717) is 0 Å². The molecule has 0 aliphatic carbocycles. The van der Waals surface area contributed by atoms with Crippen LogP contribution in [-0.2, 0) is 0 Å². The minimum absolute atomic E-state index is 0. The molecule has 1 heterocycles. The van der Waals surface area contributed by atoms with E-state index in [-0.39, 0.29) is 1.43 Å². The Morgan fingerprint density at radius 1 is 1.11 bits per heavy atom. The predicted molar refractivity (Wildman–Crippen MR) is 40.4 cm³/mol. The molecule has 0 spiro atoms. The minimum atomic E-state index is 0. The Bertz CT molecular complexity index is 283. The molecular weight excluding hydrogens is 110 g/mol. The molecule has 1 heteroatoms. The standard InChI is InChI=1S/C8H7N.H2/c1-2-4-8-7(3-1)5-6-9-8;/h1-6,9H;1H. The summed E-state index contributed by atoms with van der Waals surface area (Å²) in [6, 6.07) is 10.3. The van der Waals surface area contributed by atoms with Crippen LogP contribution in [0, 0.1) is 0 Å². The fourth-order valence-electron chi connectivity index (χ4n) is 0.995. The Hall–Kier alpha value is -1.24. The molecule has 0 fully saturated rings. The normalized spacial score (nSPS) is 10.2. The first-order valence-electron chi connectivity index (χ1n) is 2.99. The lowest BCUT2D eigenvalue weighted by atomic mass is 10.3. The van der Waals surface area contributed by atoms with Crippen LogP contribution in [0.3, 0.4) is 0 Å². The van der Waals surface area contributed by atoms with Gasteiger partial charge in [-0.15, -0.1) is 0 Å². The fraction of sp³-hybridized carbons (Fsp3) is 0. The summed E-state index contributed by atoms with van der Waals surface area (Å²) < 4.78 is 0. The minimum Gasteiger partial charge on any atom is -0.361 e. The zero-order valence-electron chi connectivity index (χ0n) is 4.96. The van der Waals surface area contributed by atoms with Gasteiger partial charge < -0.3 is 4.98 Å². The molecule has 0 atom stereocenters. The summed E-state index contributed by atoms with van der Waals surface area (Å²) in [5.41, 5.74) is 1.21. The van der Waals surface area contributed by atoms with Crippen molar-refractivity contribution in [2.75, 3.05) is 0 Å². The average molecular weight is 119 g/mol. The molecule has 1 nitrogen and oxygen atoms in total. The first-order valence-corrected chi connectivity index (χ1v) is 2.99. The van der Waals surface area contributed by atoms with Crippen molar-refractivity contribution in [1.29, 1.82) is 0 Å². The van der Waals surface area contributed by atoms with Crippen LogP contribution >= 0.6 is 0 Å². The van der Waals surface area contributed by atoms with E-state index in [4.69, 9.17) is 0 Å². The van der Waals surface area contributed by atoms with E-state index in [2.05, 4.69) is 23.2 Å². The van der Waals surface area contributed by atoms with Crippen molar-refractivity contribution in [3.8, 4) is 0 Å². The Morgan fingerprint density at radius 2 is 2.00 bits per heavy atom. The molecule has 1 aromatic heterocycles. The summed E-state index contributed by atoms with van der Waals surface area (Å²) in [5, 5.41) is 1.28. The Kier molecular flexibility index (Phi) is 0.833. The summed E-state index contributed by atoms with van der Waals surface area (Å²) in [4.78, 5) is 3.12. The van der Waals surface area contributed by atoms with Gasteiger partial charge in [0.2, 0.25) is 0 Å². The van der Waals surface area contributed by atoms with Crippen molar-refractivity contribution in [2.45, 2.75) is 0 Å². The number of hydrogen-bond donors (Lipinski definition) is 1. The lowest BCUT2D eigenvalue weighted by molar-refractivity contribution is 1.48. The van der Waals surface area contributed by atoms with Gasteiger partial charge in [0.05, 0.1) is 0 Å². The van der Waals surface area contributed by atoms with Gasteiger partial charge in [-0.1, -0.05) is 18.2 Å². The van der Waals surface area contributed by atoms with E-state index in [1.54, 1.807) is 0 Å². The number of aromatic nitrogens is 1. The van der Waals surface area contributed by atoms with Gasteiger partial charge in [-0.25, -0.2) is 0 Å². The topological polar surface area (TPSA) is 15.8 Å². The first-order chi connectivity index (χ1) is 4.47. The monoisotopic (exact) mass is 119 g/mol. The van der Waals surface area contributed by atoms with Crippen LogP contribution in [0.5, 0.6) is 0 Å². The highest BCUT2D eigenvalue weighted by molar-refractivity contribution is 5.78. The summed E-state index contributed by atoms with van der Waals surface area (Å²) >= 11 is 0. The van der Waals surface area contributed by atoms with E-state index in [9.17, 15) is 0 Å². The lowest BCUT2D eigenvalue weighted by Crippen LogP contribution is -1.61. The summed E-state index contributed by atoms with van der Waals surface area (Å²) in [5.74, 6) is 0. The average Bonchev–Trinajstić information content (AvgIpc) is 2.33. The molecular formula is C8H9N. The molecule has 0 aliphatic rings. The molecule has 1 aromatic carbocycles. The second-order valence-corrected chi connectivity index (χ2v) is 2.06. The molecule has 1 N–H and O–H groups in total. The zero-order valence-corrected chi connectivity index (χ0v) is 4.96. The Balaban J connectivity index is 0.000000500. The van der Waals surface area contributed by atoms with Gasteiger partial charge in [0.15, 0.2) is 0 Å². The highest BCUT2D eigenvalue weighted by Crippen LogP contribution is 2.09. The number of nitrogens with one attached hydrogen (secondary N) is 1. The predicted octanol–water partition coefficient (Wildman–Crippen LogP) is 2.41. The van der Waals surface area contributed by atoms with Gasteiger partial charge in [0, 0.05) is 13.1 Å². The van der Waals surface area contributed by atoms with Crippen molar-refractivity contribution >= 4 is 10.9 Å². The number of rotatable bonds is 0. The van der Waals surface area contributed by atoms with Crippen molar-refractivity contribution in [3.05, 3.63) is 36.5 Å². The molecule has 46 valence electrons. The van der Waals surface area contributed by atoms with Gasteiger partial charge in [-0.3, -0.25) is 0 Å². The fourth-order valence-corrected chi connectivity index (χ4v) is 0.995. The highest BCUT2D eigenvalue weighted by atomic mass is 14.6. The Labute approximate surface area is 54.8 Å². The smallest absolute Gasteiger partial charge is 0.0453 e. The molecule has 0 unspecified atom stereocenters. The number of para-hydroxylation sites is 1. The quantitative estimate of drug-likeness (QED) is 0.548. The lowest BCUT2D eigenvalue weighted by Gasteiger charge is -1.83. The van der Waals surface area contributed by atoms with Crippen LogP contribution in [-0.4, -0.2) is 4.98 Å². The van der Waals surface area contributed by atoms with Crippen molar-refractivity contribution in [3.63, 3.8) is 0 Å². The molecule has 9 heavy (non-hydrogen) atoms. The second kappa shape index (κ2) is 1.62. The largest absolute Gasteiger partial charge is 0.361 e. The third kappa shape index (κ3) is 0.617. The number of aromatic amines is 1. The highest BCUT2D eigenvalue weighted by Gasteiger charge is 1.86. The molecule has 0 saturated carbocycles. The van der Waals surface area contributed by atoms with Gasteiger partial charge >= 0.3 is 0 Å². The summed E-state index contributed by atoms with van der Waals surface area (Å²) in [7, 11) is 0. The molecule has 0 saturated heterocycles. The number of benzene rings is 1. The van der Waals surface area contributed by atoms with E-state index in [1.807, 2.05) is 18.3 Å². The maximum Gasteiger partial charge on any atom is 0.0453 e. The van der Waals surface area contributed by atoms with E-state index in [1.165, 1.54) is 10.9 Å². The van der Waals surface area contributed by atoms with E-state index in [0.717, 1.165) is 0 Å². The van der Waals surface area contributed by atoms with Crippen molar-refractivity contribution < 1.29 is 1.43 Å². The summed E-state index contributed by atoms with van der Waals surface area (Å²) in [6.45, 7) is 0. The van der Waals surface area contributed by atoms with Crippen LogP contribution < -0.4 is 0 Å². The second-order valence-electron chi connectivity index (χ2n) is 2.06. The van der Waals surface area contributed by atoms with E-state index < -0.39 is 0 Å². The molecule has 0 aliphatic heterocycles. The third-order valence-electron chi connectivity index (χ3n) is 1.46. The van der Waals surface area contributed by atoms with Crippen molar-refractivity contribution in [1.82, 2.24) is 4.98 Å². The van der Waals surface area contributed by atoms with Crippen LogP contribution in [0.25, 0.3) is 10.9 Å². The molecule has 0 amide bonds. The zero-order chi connectivity index (χ0) is 6.10. The van der Waals surface area contributed by atoms with Gasteiger partial charge in [-0.2, -0.15) is 0 Å². The van der Waals surface area contributed by atoms with Gasteiger partial charge in [-0.05, 0) is 17.5 Å². The molecule has 2 aromatic rings. The van der Waals surface area contributed by atoms with Crippen LogP contribution in [0.15, 0.2) is 36.5 Å². The van der Waals surface area contributed by atoms with Crippen molar-refractivity contribution in [2.24, 2.45) is 0 Å². The third-order valence-corrected chi connectivity index (χ3v) is 1.46. The Morgan fingerprint density at radius 3 is 2.89 bits per heavy atom. The molecule has 2 rings (SSSR count). The number of hydrogen-bond acceptors (Lipinski definition) is 0. The number of H-pyrrole nitrogens is 1.